The van der Waals surface area contributed by atoms with Crippen LogP contribution in [0.2, 0.25) is 0 Å². The van der Waals surface area contributed by atoms with Gasteiger partial charge in [0, 0.05) is 12.6 Å². The van der Waals surface area contributed by atoms with Crippen LogP contribution in [0.3, 0.4) is 0 Å². The summed E-state index contributed by atoms with van der Waals surface area (Å²) in [4.78, 5) is 27.4. The average Bonchev–Trinajstić information content (AvgIpc) is 3.29. The summed E-state index contributed by atoms with van der Waals surface area (Å²) >= 11 is 0. The molecular formula is C24H26N2O3. The lowest BCUT2D eigenvalue weighted by molar-refractivity contribution is 0.0910. The molecular weight excluding hydrogens is 364 g/mol. The molecule has 5 nitrogen and oxygen atoms in total. The fourth-order valence-corrected chi connectivity index (χ4v) is 3.98. The minimum absolute atomic E-state index is 0.0511. The number of nitrogens with zero attached hydrogens (tertiary/aromatic N) is 1. The molecule has 1 aromatic heterocycles. The van der Waals surface area contributed by atoms with Gasteiger partial charge in [0.25, 0.3) is 5.91 Å². The molecule has 1 atom stereocenters. The maximum atomic E-state index is 12.7. The maximum absolute atomic E-state index is 12.7. The number of aryl methyl sites for hydroxylation is 1. The molecule has 0 aliphatic carbocycles. The Hall–Kier alpha value is -2.92. The van der Waals surface area contributed by atoms with Crippen molar-refractivity contribution < 1.29 is 9.21 Å². The van der Waals surface area contributed by atoms with E-state index in [1.807, 2.05) is 0 Å². The quantitative estimate of drug-likeness (QED) is 0.693. The lowest BCUT2D eigenvalue weighted by Gasteiger charge is -2.28. The van der Waals surface area contributed by atoms with Gasteiger partial charge < -0.3 is 9.73 Å². The normalized spacial score (nSPS) is 15.5. The van der Waals surface area contributed by atoms with Crippen molar-refractivity contribution in [3.8, 4) is 0 Å². The van der Waals surface area contributed by atoms with Crippen molar-refractivity contribution >= 4 is 16.9 Å². The molecule has 5 heteroatoms. The van der Waals surface area contributed by atoms with Crippen molar-refractivity contribution in [3.05, 3.63) is 81.7 Å². The number of hydrogen-bond donors (Lipinski definition) is 1. The molecule has 1 aliphatic rings. The summed E-state index contributed by atoms with van der Waals surface area (Å²) in [7, 11) is 0. The first-order chi connectivity index (χ1) is 14.2. The zero-order valence-electron chi connectivity index (χ0n) is 16.7. The van der Waals surface area contributed by atoms with Crippen LogP contribution in [0.25, 0.3) is 11.0 Å². The fraction of sp³-hybridized carbons (Fsp3) is 0.333. The number of fused-ring (bicyclic) bond motifs is 1. The third kappa shape index (κ3) is 4.25. The summed E-state index contributed by atoms with van der Waals surface area (Å²) in [5.41, 5.74) is 2.72. The van der Waals surface area contributed by atoms with Crippen LogP contribution in [0.1, 0.15) is 47.5 Å². The van der Waals surface area contributed by atoms with E-state index in [0.717, 1.165) is 19.5 Å². The summed E-state index contributed by atoms with van der Waals surface area (Å²) < 4.78 is 5.67. The van der Waals surface area contributed by atoms with E-state index in [0.29, 0.717) is 17.5 Å². The highest BCUT2D eigenvalue weighted by atomic mass is 16.3. The van der Waals surface area contributed by atoms with E-state index in [9.17, 15) is 9.59 Å². The third-order valence-corrected chi connectivity index (χ3v) is 5.67. The van der Waals surface area contributed by atoms with Gasteiger partial charge in [-0.3, -0.25) is 14.5 Å². The Morgan fingerprint density at radius 3 is 2.55 bits per heavy atom. The number of hydrogen-bond acceptors (Lipinski definition) is 4. The van der Waals surface area contributed by atoms with E-state index < -0.39 is 0 Å². The molecule has 2 aromatic carbocycles. The Labute approximate surface area is 170 Å². The second-order valence-electron chi connectivity index (χ2n) is 7.54. The molecule has 1 amide bonds. The lowest BCUT2D eigenvalue weighted by Crippen LogP contribution is -2.37. The average molecular weight is 390 g/mol. The van der Waals surface area contributed by atoms with Gasteiger partial charge in [0.15, 0.2) is 11.2 Å². The number of carbonyl (C=O) groups excluding carboxylic acids is 1. The van der Waals surface area contributed by atoms with Crippen molar-refractivity contribution in [2.45, 2.75) is 32.2 Å². The van der Waals surface area contributed by atoms with E-state index >= 15 is 0 Å². The second-order valence-corrected chi connectivity index (χ2v) is 7.54. The Morgan fingerprint density at radius 2 is 1.83 bits per heavy atom. The first kappa shape index (κ1) is 19.4. The van der Waals surface area contributed by atoms with Gasteiger partial charge in [-0.05, 0) is 55.6 Å². The van der Waals surface area contributed by atoms with Crippen LogP contribution in [0, 0.1) is 0 Å². The number of benzene rings is 2. The van der Waals surface area contributed by atoms with Crippen LogP contribution in [0.15, 0.2) is 63.8 Å². The molecule has 1 saturated heterocycles. The molecule has 150 valence electrons. The second kappa shape index (κ2) is 8.62. The lowest BCUT2D eigenvalue weighted by atomic mass is 10.0. The van der Waals surface area contributed by atoms with Gasteiger partial charge in [-0.15, -0.1) is 0 Å². The van der Waals surface area contributed by atoms with Crippen molar-refractivity contribution in [3.63, 3.8) is 0 Å². The molecule has 2 heterocycles. The number of rotatable bonds is 6. The zero-order chi connectivity index (χ0) is 20.2. The number of amides is 1. The summed E-state index contributed by atoms with van der Waals surface area (Å²) in [6, 6.07) is 17.0. The molecule has 1 N–H and O–H groups in total. The van der Waals surface area contributed by atoms with E-state index in [1.54, 1.807) is 24.3 Å². The highest BCUT2D eigenvalue weighted by Gasteiger charge is 2.24. The minimum atomic E-state index is -0.359. The monoisotopic (exact) mass is 390 g/mol. The Bertz CT molecular complexity index is 1050. The predicted molar refractivity (Wildman–Crippen MR) is 114 cm³/mol. The molecule has 3 aromatic rings. The van der Waals surface area contributed by atoms with Gasteiger partial charge in [-0.1, -0.05) is 43.3 Å². The van der Waals surface area contributed by atoms with Gasteiger partial charge >= 0.3 is 0 Å². The molecule has 0 saturated carbocycles. The molecule has 0 spiro atoms. The van der Waals surface area contributed by atoms with Crippen LogP contribution in [-0.2, 0) is 6.42 Å². The van der Waals surface area contributed by atoms with Gasteiger partial charge in [-0.2, -0.15) is 0 Å². The van der Waals surface area contributed by atoms with Crippen LogP contribution < -0.4 is 10.7 Å². The van der Waals surface area contributed by atoms with Crippen molar-refractivity contribution in [1.82, 2.24) is 10.2 Å². The number of nitrogens with one attached hydrogen (secondary N) is 1. The molecule has 0 bridgehead atoms. The molecule has 1 aliphatic heterocycles. The van der Waals surface area contributed by atoms with Crippen LogP contribution in [-0.4, -0.2) is 30.4 Å². The zero-order valence-corrected chi connectivity index (χ0v) is 16.7. The standard InChI is InChI=1S/C24H26N2O3/c1-2-17-9-11-18(12-10-17)20(26-13-5-6-14-26)16-25-24(28)23-15-21(27)19-7-3-4-8-22(19)29-23/h3-4,7-12,15,20H,2,5-6,13-14,16H2,1H3,(H,25,28)/t20-/m1/s1. The topological polar surface area (TPSA) is 62.6 Å². The minimum Gasteiger partial charge on any atom is -0.451 e. The molecule has 29 heavy (non-hydrogen) atoms. The Kier molecular flexibility index (Phi) is 5.76. The predicted octanol–water partition coefficient (Wildman–Crippen LogP) is 3.92. The van der Waals surface area contributed by atoms with Crippen molar-refractivity contribution in [1.29, 1.82) is 0 Å². The van der Waals surface area contributed by atoms with Crippen molar-refractivity contribution in [2.24, 2.45) is 0 Å². The number of para-hydroxylation sites is 1. The number of carbonyl (C=O) groups is 1. The summed E-state index contributed by atoms with van der Waals surface area (Å²) in [5.74, 6) is -0.308. The van der Waals surface area contributed by atoms with Gasteiger partial charge in [0.2, 0.25) is 0 Å². The number of likely N-dealkylation sites (tertiary alicyclic amines) is 1. The highest BCUT2D eigenvalue weighted by molar-refractivity contribution is 5.93. The van der Waals surface area contributed by atoms with E-state index in [-0.39, 0.29) is 23.1 Å². The smallest absolute Gasteiger partial charge is 0.287 e. The molecule has 0 unspecified atom stereocenters. The van der Waals surface area contributed by atoms with E-state index in [2.05, 4.69) is 41.4 Å². The molecule has 0 radical (unpaired) electrons. The van der Waals surface area contributed by atoms with Gasteiger partial charge in [-0.25, -0.2) is 0 Å². The summed E-state index contributed by atoms with van der Waals surface area (Å²) in [5, 5.41) is 3.46. The summed E-state index contributed by atoms with van der Waals surface area (Å²) in [6.45, 7) is 4.67. The largest absolute Gasteiger partial charge is 0.451 e. The van der Waals surface area contributed by atoms with Gasteiger partial charge in [0.1, 0.15) is 5.58 Å². The van der Waals surface area contributed by atoms with Gasteiger partial charge in [0.05, 0.1) is 11.4 Å². The Balaban J connectivity index is 1.53. The fourth-order valence-electron chi connectivity index (χ4n) is 3.98. The molecule has 4 rings (SSSR count). The van der Waals surface area contributed by atoms with E-state index in [4.69, 9.17) is 4.42 Å². The Morgan fingerprint density at radius 1 is 1.10 bits per heavy atom. The van der Waals surface area contributed by atoms with Crippen LogP contribution in [0.4, 0.5) is 0 Å². The maximum Gasteiger partial charge on any atom is 0.287 e. The SMILES string of the molecule is CCc1ccc([C@@H](CNC(=O)c2cc(=O)c3ccccc3o2)N2CCCC2)cc1. The van der Waals surface area contributed by atoms with Crippen LogP contribution >= 0.6 is 0 Å². The third-order valence-electron chi connectivity index (χ3n) is 5.67. The van der Waals surface area contributed by atoms with Crippen molar-refractivity contribution in [2.75, 3.05) is 19.6 Å². The first-order valence-electron chi connectivity index (χ1n) is 10.3. The highest BCUT2D eigenvalue weighted by Crippen LogP contribution is 2.25. The summed E-state index contributed by atoms with van der Waals surface area (Å²) in [6.07, 6.45) is 3.36. The van der Waals surface area contributed by atoms with E-state index in [1.165, 1.54) is 30.0 Å². The first-order valence-corrected chi connectivity index (χ1v) is 10.3. The molecule has 1 fully saturated rings. The van der Waals surface area contributed by atoms with Crippen LogP contribution in [0.5, 0.6) is 0 Å².